The summed E-state index contributed by atoms with van der Waals surface area (Å²) in [6.07, 6.45) is 7.10. The van der Waals surface area contributed by atoms with Crippen molar-refractivity contribution in [3.8, 4) is 0 Å². The highest BCUT2D eigenvalue weighted by molar-refractivity contribution is 6.07. The number of nitrogens with two attached hydrogens (primary N) is 1. The summed E-state index contributed by atoms with van der Waals surface area (Å²) in [6.45, 7) is 3.70. The van der Waals surface area contributed by atoms with E-state index in [2.05, 4.69) is 10.1 Å². The van der Waals surface area contributed by atoms with Crippen LogP contribution in [0.25, 0.3) is 0 Å². The molecule has 6 heteroatoms. The van der Waals surface area contributed by atoms with E-state index in [0.29, 0.717) is 18.9 Å². The fourth-order valence-corrected chi connectivity index (χ4v) is 4.30. The minimum absolute atomic E-state index is 0.0838. The predicted octanol–water partition coefficient (Wildman–Crippen LogP) is 0.990. The summed E-state index contributed by atoms with van der Waals surface area (Å²) in [7, 11) is 0. The van der Waals surface area contributed by atoms with Gasteiger partial charge in [0, 0.05) is 25.7 Å². The van der Waals surface area contributed by atoms with Crippen LogP contribution >= 0.6 is 0 Å². The fourth-order valence-electron chi connectivity index (χ4n) is 4.30. The van der Waals surface area contributed by atoms with Crippen LogP contribution in [0.15, 0.2) is 5.16 Å². The Morgan fingerprint density at radius 1 is 1.14 bits per heavy atom. The highest BCUT2D eigenvalue weighted by Gasteiger charge is 2.48. The van der Waals surface area contributed by atoms with Crippen LogP contribution in [-0.4, -0.2) is 59.0 Å². The summed E-state index contributed by atoms with van der Waals surface area (Å²) >= 11 is 0. The molecule has 0 radical (unpaired) electrons. The van der Waals surface area contributed by atoms with E-state index in [9.17, 15) is 4.79 Å². The van der Waals surface area contributed by atoms with Crippen molar-refractivity contribution in [1.82, 2.24) is 9.80 Å². The van der Waals surface area contributed by atoms with E-state index in [1.165, 1.54) is 19.3 Å². The first-order chi connectivity index (χ1) is 10.2. The van der Waals surface area contributed by atoms with Gasteiger partial charge in [-0.25, -0.2) is 0 Å². The molecule has 21 heavy (non-hydrogen) atoms. The molecule has 1 saturated carbocycles. The summed E-state index contributed by atoms with van der Waals surface area (Å²) in [5.74, 6) is 0.191. The lowest BCUT2D eigenvalue weighted by atomic mass is 9.82. The maximum absolute atomic E-state index is 13.0. The van der Waals surface area contributed by atoms with Gasteiger partial charge >= 0.3 is 0 Å². The number of oxime groups is 1. The third-order valence-electron chi connectivity index (χ3n) is 5.59. The lowest BCUT2D eigenvalue weighted by molar-refractivity contribution is -0.141. The number of hydrogen-bond donors (Lipinski definition) is 2. The van der Waals surface area contributed by atoms with Gasteiger partial charge in [-0.1, -0.05) is 24.4 Å². The van der Waals surface area contributed by atoms with Gasteiger partial charge in [-0.05, 0) is 32.2 Å². The Hall–Kier alpha value is -1.30. The van der Waals surface area contributed by atoms with Gasteiger partial charge in [0.2, 0.25) is 5.91 Å². The summed E-state index contributed by atoms with van der Waals surface area (Å²) in [5.41, 5.74) is 5.15. The number of nitrogens with zero attached hydrogens (tertiary/aromatic N) is 3. The van der Waals surface area contributed by atoms with Crippen molar-refractivity contribution >= 4 is 11.7 Å². The number of hydrogen-bond acceptors (Lipinski definition) is 4. The largest absolute Gasteiger partial charge is 0.409 e. The van der Waals surface area contributed by atoms with E-state index >= 15 is 0 Å². The average molecular weight is 294 g/mol. The van der Waals surface area contributed by atoms with Gasteiger partial charge in [0.05, 0.1) is 0 Å². The monoisotopic (exact) mass is 294 g/mol. The number of piperidine rings is 1. The molecule has 0 aromatic heterocycles. The number of carbonyl (C=O) groups is 1. The second kappa shape index (κ2) is 5.83. The van der Waals surface area contributed by atoms with Gasteiger partial charge in [0.1, 0.15) is 5.41 Å². The summed E-state index contributed by atoms with van der Waals surface area (Å²) < 4.78 is 0. The van der Waals surface area contributed by atoms with E-state index in [4.69, 9.17) is 10.9 Å². The van der Waals surface area contributed by atoms with E-state index < -0.39 is 5.41 Å². The lowest BCUT2D eigenvalue weighted by Crippen LogP contribution is -2.60. The molecule has 0 bridgehead atoms. The molecule has 0 spiro atoms. The molecule has 1 unspecified atom stereocenters. The van der Waals surface area contributed by atoms with Crippen molar-refractivity contribution in [2.75, 3.05) is 26.2 Å². The van der Waals surface area contributed by atoms with E-state index in [0.717, 1.165) is 39.0 Å². The first-order valence-electron chi connectivity index (χ1n) is 8.19. The summed E-state index contributed by atoms with van der Waals surface area (Å²) in [4.78, 5) is 17.5. The molecular weight excluding hydrogens is 268 g/mol. The molecule has 2 aliphatic heterocycles. The lowest BCUT2D eigenvalue weighted by Gasteiger charge is -2.46. The van der Waals surface area contributed by atoms with Crippen molar-refractivity contribution in [2.45, 2.75) is 51.0 Å². The number of amides is 1. The highest BCUT2D eigenvalue weighted by Crippen LogP contribution is 2.40. The van der Waals surface area contributed by atoms with Crippen molar-refractivity contribution in [2.24, 2.45) is 16.3 Å². The third-order valence-corrected chi connectivity index (χ3v) is 5.59. The van der Waals surface area contributed by atoms with Crippen LogP contribution in [0.2, 0.25) is 0 Å². The SMILES string of the molecule is NC(=NO)C1(C(=O)N2CCN3CCCCC3C2)CCCC1. The van der Waals surface area contributed by atoms with Crippen LogP contribution in [0.4, 0.5) is 0 Å². The number of fused-ring (bicyclic) bond motifs is 1. The molecule has 1 atom stereocenters. The first-order valence-corrected chi connectivity index (χ1v) is 8.19. The normalized spacial score (nSPS) is 30.2. The Labute approximate surface area is 125 Å². The van der Waals surface area contributed by atoms with Crippen LogP contribution in [0.1, 0.15) is 44.9 Å². The molecule has 0 aromatic carbocycles. The molecule has 0 aromatic rings. The van der Waals surface area contributed by atoms with Crippen LogP contribution in [0, 0.1) is 5.41 Å². The summed E-state index contributed by atoms with van der Waals surface area (Å²) in [5, 5.41) is 12.3. The molecule has 3 N–H and O–H groups in total. The predicted molar refractivity (Wildman–Crippen MR) is 80.1 cm³/mol. The molecule has 3 rings (SSSR count). The van der Waals surface area contributed by atoms with E-state index in [-0.39, 0.29) is 11.7 Å². The zero-order valence-electron chi connectivity index (χ0n) is 12.6. The van der Waals surface area contributed by atoms with Crippen molar-refractivity contribution in [3.05, 3.63) is 0 Å². The second-order valence-corrected chi connectivity index (χ2v) is 6.71. The smallest absolute Gasteiger partial charge is 0.236 e. The van der Waals surface area contributed by atoms with Gasteiger partial charge in [-0.15, -0.1) is 0 Å². The second-order valence-electron chi connectivity index (χ2n) is 6.71. The number of piperazine rings is 1. The van der Waals surface area contributed by atoms with Crippen LogP contribution in [0.3, 0.4) is 0 Å². The quantitative estimate of drug-likeness (QED) is 0.344. The van der Waals surface area contributed by atoms with Crippen molar-refractivity contribution in [3.63, 3.8) is 0 Å². The third kappa shape index (κ3) is 2.50. The number of rotatable bonds is 2. The van der Waals surface area contributed by atoms with Gasteiger partial charge in [0.15, 0.2) is 5.84 Å². The zero-order chi connectivity index (χ0) is 14.9. The molecule has 2 heterocycles. The van der Waals surface area contributed by atoms with Gasteiger partial charge < -0.3 is 15.8 Å². The maximum atomic E-state index is 13.0. The minimum atomic E-state index is -0.744. The van der Waals surface area contributed by atoms with Gasteiger partial charge in [-0.2, -0.15) is 0 Å². The highest BCUT2D eigenvalue weighted by atomic mass is 16.4. The Balaban J connectivity index is 1.75. The molecule has 1 aliphatic carbocycles. The van der Waals surface area contributed by atoms with Crippen molar-refractivity contribution < 1.29 is 10.0 Å². The molecule has 1 amide bonds. The molecule has 2 saturated heterocycles. The van der Waals surface area contributed by atoms with E-state index in [1.54, 1.807) is 0 Å². The molecule has 6 nitrogen and oxygen atoms in total. The average Bonchev–Trinajstić information content (AvgIpc) is 3.03. The van der Waals surface area contributed by atoms with Gasteiger partial charge in [0.25, 0.3) is 0 Å². The number of carbonyl (C=O) groups excluding carboxylic acids is 1. The van der Waals surface area contributed by atoms with Crippen LogP contribution in [-0.2, 0) is 4.79 Å². The molecule has 3 fully saturated rings. The van der Waals surface area contributed by atoms with Crippen LogP contribution in [0.5, 0.6) is 0 Å². The number of amidine groups is 1. The first kappa shape index (κ1) is 14.6. The Kier molecular flexibility index (Phi) is 4.06. The Morgan fingerprint density at radius 2 is 1.90 bits per heavy atom. The van der Waals surface area contributed by atoms with Gasteiger partial charge in [-0.3, -0.25) is 9.69 Å². The Bertz CT molecular complexity index is 431. The fraction of sp³-hybridized carbons (Fsp3) is 0.867. The standard InChI is InChI=1S/C15H26N4O2/c16-13(17-21)15(6-2-3-7-15)14(20)19-10-9-18-8-4-1-5-12(18)11-19/h12,21H,1-11H2,(H2,16,17). The zero-order valence-corrected chi connectivity index (χ0v) is 12.6. The Morgan fingerprint density at radius 3 is 2.62 bits per heavy atom. The molecule has 118 valence electrons. The minimum Gasteiger partial charge on any atom is -0.409 e. The molecule has 3 aliphatic rings. The van der Waals surface area contributed by atoms with Crippen LogP contribution < -0.4 is 5.73 Å². The topological polar surface area (TPSA) is 82.2 Å². The van der Waals surface area contributed by atoms with Crippen molar-refractivity contribution in [1.29, 1.82) is 0 Å². The molecular formula is C15H26N4O2. The maximum Gasteiger partial charge on any atom is 0.236 e. The summed E-state index contributed by atoms with van der Waals surface area (Å²) in [6, 6.07) is 0.502. The van der Waals surface area contributed by atoms with E-state index in [1.807, 2.05) is 4.90 Å².